The van der Waals surface area contributed by atoms with E-state index in [0.29, 0.717) is 6.04 Å². The van der Waals surface area contributed by atoms with Gasteiger partial charge < -0.3 is 9.64 Å². The average molecular weight is 338 g/mol. The van der Waals surface area contributed by atoms with E-state index in [4.69, 9.17) is 21.3 Å². The van der Waals surface area contributed by atoms with E-state index in [1.165, 1.54) is 12.0 Å². The third-order valence-corrected chi connectivity index (χ3v) is 6.26. The maximum absolute atomic E-state index is 6.33. The Bertz CT molecular complexity index is 644. The summed E-state index contributed by atoms with van der Waals surface area (Å²) in [7, 11) is 0. The second kappa shape index (κ2) is 5.96. The van der Waals surface area contributed by atoms with E-state index < -0.39 is 0 Å². The SMILES string of the molecule is Cc1ccc(Cl)c2sc(N3CCC(N4CCOCC4)C3)nc12. The van der Waals surface area contributed by atoms with Crippen LogP contribution in [-0.4, -0.2) is 55.3 Å². The normalized spacial score (nSPS) is 23.5. The Morgan fingerprint density at radius 3 is 2.86 bits per heavy atom. The van der Waals surface area contributed by atoms with Gasteiger partial charge in [0, 0.05) is 32.2 Å². The zero-order chi connectivity index (χ0) is 15.1. The molecule has 2 fully saturated rings. The Labute approximate surface area is 139 Å². The maximum atomic E-state index is 6.33. The largest absolute Gasteiger partial charge is 0.379 e. The lowest BCUT2D eigenvalue weighted by Crippen LogP contribution is -2.44. The lowest BCUT2D eigenvalue weighted by atomic mass is 10.2. The first-order valence-electron chi connectivity index (χ1n) is 7.85. The highest BCUT2D eigenvalue weighted by atomic mass is 35.5. The molecule has 4 nitrogen and oxygen atoms in total. The minimum atomic E-state index is 0.632. The fraction of sp³-hybridized carbons (Fsp3) is 0.562. The van der Waals surface area contributed by atoms with Crippen molar-refractivity contribution in [2.75, 3.05) is 44.3 Å². The Hall–Kier alpha value is -0.880. The van der Waals surface area contributed by atoms with Crippen LogP contribution in [0.4, 0.5) is 5.13 Å². The predicted octanol–water partition coefficient (Wildman–Crippen LogP) is 3.17. The lowest BCUT2D eigenvalue weighted by Gasteiger charge is -2.32. The Morgan fingerprint density at radius 1 is 1.27 bits per heavy atom. The molecule has 22 heavy (non-hydrogen) atoms. The summed E-state index contributed by atoms with van der Waals surface area (Å²) in [5, 5.41) is 1.93. The number of aryl methyl sites for hydroxylation is 1. The molecule has 0 spiro atoms. The fourth-order valence-electron chi connectivity index (χ4n) is 3.38. The summed E-state index contributed by atoms with van der Waals surface area (Å²) >= 11 is 8.05. The van der Waals surface area contributed by atoms with Crippen LogP contribution >= 0.6 is 22.9 Å². The van der Waals surface area contributed by atoms with Gasteiger partial charge >= 0.3 is 0 Å². The molecule has 2 aliphatic rings. The van der Waals surface area contributed by atoms with Crippen molar-refractivity contribution in [1.82, 2.24) is 9.88 Å². The maximum Gasteiger partial charge on any atom is 0.186 e. The van der Waals surface area contributed by atoms with E-state index in [9.17, 15) is 0 Å². The topological polar surface area (TPSA) is 28.6 Å². The van der Waals surface area contributed by atoms with Gasteiger partial charge in [-0.15, -0.1) is 0 Å². The number of aromatic nitrogens is 1. The van der Waals surface area contributed by atoms with Crippen molar-refractivity contribution in [2.24, 2.45) is 0 Å². The van der Waals surface area contributed by atoms with Gasteiger partial charge in [0.1, 0.15) is 0 Å². The summed E-state index contributed by atoms with van der Waals surface area (Å²) in [5.74, 6) is 0. The summed E-state index contributed by atoms with van der Waals surface area (Å²) in [4.78, 5) is 9.83. The van der Waals surface area contributed by atoms with Crippen LogP contribution in [0.2, 0.25) is 5.02 Å². The number of benzene rings is 1. The summed E-state index contributed by atoms with van der Waals surface area (Å²) in [5.41, 5.74) is 2.26. The zero-order valence-electron chi connectivity index (χ0n) is 12.7. The summed E-state index contributed by atoms with van der Waals surface area (Å²) in [6.45, 7) is 8.10. The molecule has 1 aromatic heterocycles. The fourth-order valence-corrected chi connectivity index (χ4v) is 4.73. The number of fused-ring (bicyclic) bond motifs is 1. The van der Waals surface area contributed by atoms with E-state index in [2.05, 4.69) is 22.8 Å². The minimum Gasteiger partial charge on any atom is -0.379 e. The first-order chi connectivity index (χ1) is 10.7. The Balaban J connectivity index is 1.55. The van der Waals surface area contributed by atoms with Crippen molar-refractivity contribution in [1.29, 1.82) is 0 Å². The number of morpholine rings is 1. The van der Waals surface area contributed by atoms with Crippen LogP contribution < -0.4 is 4.90 Å². The van der Waals surface area contributed by atoms with Crippen molar-refractivity contribution in [3.05, 3.63) is 22.7 Å². The number of hydrogen-bond donors (Lipinski definition) is 0. The van der Waals surface area contributed by atoms with Gasteiger partial charge in [0.2, 0.25) is 0 Å². The monoisotopic (exact) mass is 337 g/mol. The molecule has 0 aliphatic carbocycles. The standard InChI is InChI=1S/C16H20ClN3OS/c1-11-2-3-13(17)15-14(11)18-16(22-15)20-5-4-12(10-20)19-6-8-21-9-7-19/h2-3,12H,4-10H2,1H3. The third kappa shape index (κ3) is 2.60. The van der Waals surface area contributed by atoms with Crippen molar-refractivity contribution in [2.45, 2.75) is 19.4 Å². The van der Waals surface area contributed by atoms with E-state index in [1.807, 2.05) is 6.07 Å². The van der Waals surface area contributed by atoms with Gasteiger partial charge in [0.25, 0.3) is 0 Å². The number of rotatable bonds is 2. The predicted molar refractivity (Wildman–Crippen MR) is 92.4 cm³/mol. The molecule has 0 bridgehead atoms. The first-order valence-corrected chi connectivity index (χ1v) is 9.04. The van der Waals surface area contributed by atoms with Crippen LogP contribution in [0.15, 0.2) is 12.1 Å². The molecule has 3 heterocycles. The summed E-state index contributed by atoms with van der Waals surface area (Å²) in [6, 6.07) is 4.66. The van der Waals surface area contributed by atoms with Crippen molar-refractivity contribution in [3.8, 4) is 0 Å². The third-order valence-electron chi connectivity index (χ3n) is 4.68. The molecular weight excluding hydrogens is 318 g/mol. The number of ether oxygens (including phenoxy) is 1. The van der Waals surface area contributed by atoms with Crippen LogP contribution in [-0.2, 0) is 4.74 Å². The van der Waals surface area contributed by atoms with E-state index >= 15 is 0 Å². The number of thiazole rings is 1. The molecule has 2 aromatic rings. The van der Waals surface area contributed by atoms with E-state index in [-0.39, 0.29) is 0 Å². The molecule has 1 atom stereocenters. The molecule has 0 radical (unpaired) electrons. The van der Waals surface area contributed by atoms with E-state index in [0.717, 1.165) is 59.8 Å². The van der Waals surface area contributed by atoms with Gasteiger partial charge in [-0.05, 0) is 25.0 Å². The number of anilines is 1. The molecule has 2 aliphatic heterocycles. The van der Waals surface area contributed by atoms with Gasteiger partial charge in [0.15, 0.2) is 5.13 Å². The van der Waals surface area contributed by atoms with Crippen LogP contribution in [0, 0.1) is 6.92 Å². The first kappa shape index (κ1) is 14.7. The van der Waals surface area contributed by atoms with Gasteiger partial charge in [-0.3, -0.25) is 4.90 Å². The van der Waals surface area contributed by atoms with Crippen molar-refractivity contribution >= 4 is 38.3 Å². The quantitative estimate of drug-likeness (QED) is 0.841. The van der Waals surface area contributed by atoms with Gasteiger partial charge in [-0.1, -0.05) is 29.0 Å². The molecule has 0 amide bonds. The van der Waals surface area contributed by atoms with Crippen molar-refractivity contribution in [3.63, 3.8) is 0 Å². The van der Waals surface area contributed by atoms with Gasteiger partial charge in [-0.2, -0.15) is 0 Å². The molecule has 0 N–H and O–H groups in total. The lowest BCUT2D eigenvalue weighted by molar-refractivity contribution is 0.0209. The molecule has 0 saturated carbocycles. The number of hydrogen-bond acceptors (Lipinski definition) is 5. The van der Waals surface area contributed by atoms with Crippen LogP contribution in [0.3, 0.4) is 0 Å². The van der Waals surface area contributed by atoms with E-state index in [1.54, 1.807) is 11.3 Å². The van der Waals surface area contributed by atoms with Crippen LogP contribution in [0.1, 0.15) is 12.0 Å². The molecule has 4 rings (SSSR count). The minimum absolute atomic E-state index is 0.632. The van der Waals surface area contributed by atoms with Crippen molar-refractivity contribution < 1.29 is 4.74 Å². The molecule has 118 valence electrons. The molecule has 2 saturated heterocycles. The molecule has 1 aromatic carbocycles. The number of halogens is 1. The highest BCUT2D eigenvalue weighted by Gasteiger charge is 2.30. The molecular formula is C16H20ClN3OS. The van der Waals surface area contributed by atoms with Gasteiger partial charge in [0.05, 0.1) is 28.5 Å². The highest BCUT2D eigenvalue weighted by Crippen LogP contribution is 2.37. The van der Waals surface area contributed by atoms with Crippen LogP contribution in [0.5, 0.6) is 0 Å². The Kier molecular flexibility index (Phi) is 3.98. The highest BCUT2D eigenvalue weighted by molar-refractivity contribution is 7.22. The zero-order valence-corrected chi connectivity index (χ0v) is 14.3. The second-order valence-corrected chi connectivity index (χ2v) is 7.46. The smallest absolute Gasteiger partial charge is 0.186 e. The Morgan fingerprint density at radius 2 is 2.09 bits per heavy atom. The molecule has 1 unspecified atom stereocenters. The average Bonchev–Trinajstić information content (AvgIpc) is 3.19. The summed E-state index contributed by atoms with van der Waals surface area (Å²) in [6.07, 6.45) is 1.21. The molecule has 6 heteroatoms. The second-order valence-electron chi connectivity index (χ2n) is 6.08. The van der Waals surface area contributed by atoms with Crippen LogP contribution in [0.25, 0.3) is 10.2 Å². The summed E-state index contributed by atoms with van der Waals surface area (Å²) < 4.78 is 6.57. The van der Waals surface area contributed by atoms with Gasteiger partial charge in [-0.25, -0.2) is 4.98 Å². The number of nitrogens with zero attached hydrogens (tertiary/aromatic N) is 3.